The highest BCUT2D eigenvalue weighted by molar-refractivity contribution is 5.92. The molecule has 1 aromatic heterocycles. The fraction of sp³-hybridized carbons (Fsp3) is 0.105. The molecule has 4 nitrogen and oxygen atoms in total. The smallest absolute Gasteiger partial charge is 0.238 e. The summed E-state index contributed by atoms with van der Waals surface area (Å²) in [5.74, 6) is -11.3. The average molecular weight is 396 g/mol. The fourth-order valence-electron chi connectivity index (χ4n) is 2.58. The minimum absolute atomic E-state index is 0.468. The summed E-state index contributed by atoms with van der Waals surface area (Å²) in [6.45, 7) is -0.486. The molecule has 2 aromatic carbocycles. The van der Waals surface area contributed by atoms with Crippen LogP contribution in [0.25, 0.3) is 0 Å². The third kappa shape index (κ3) is 3.89. The van der Waals surface area contributed by atoms with Gasteiger partial charge in [0.2, 0.25) is 11.7 Å². The van der Waals surface area contributed by atoms with Crippen LogP contribution in [0.15, 0.2) is 53.1 Å². The van der Waals surface area contributed by atoms with Crippen LogP contribution in [0, 0.1) is 29.1 Å². The number of amides is 1. The Morgan fingerprint density at radius 2 is 1.46 bits per heavy atom. The van der Waals surface area contributed by atoms with Crippen LogP contribution >= 0.6 is 0 Å². The summed E-state index contributed by atoms with van der Waals surface area (Å²) < 4.78 is 72.2. The van der Waals surface area contributed by atoms with E-state index in [0.717, 1.165) is 5.56 Å². The van der Waals surface area contributed by atoms with Gasteiger partial charge in [0.15, 0.2) is 23.3 Å². The van der Waals surface area contributed by atoms with E-state index in [2.05, 4.69) is 5.32 Å². The van der Waals surface area contributed by atoms with Crippen molar-refractivity contribution in [3.63, 3.8) is 0 Å². The molecule has 0 saturated heterocycles. The predicted molar refractivity (Wildman–Crippen MR) is 89.9 cm³/mol. The van der Waals surface area contributed by atoms with Gasteiger partial charge in [-0.1, -0.05) is 30.3 Å². The molecule has 28 heavy (non-hydrogen) atoms. The normalized spacial score (nSPS) is 12.0. The lowest BCUT2D eigenvalue weighted by Gasteiger charge is -2.17. The first-order valence-corrected chi connectivity index (χ1v) is 8.03. The number of benzene rings is 2. The van der Waals surface area contributed by atoms with Crippen molar-refractivity contribution in [3.8, 4) is 0 Å². The Morgan fingerprint density at radius 3 is 2.04 bits per heavy atom. The molecule has 1 atom stereocenters. The summed E-state index contributed by atoms with van der Waals surface area (Å²) in [6, 6.07) is 11.6. The van der Waals surface area contributed by atoms with Gasteiger partial charge in [0.25, 0.3) is 0 Å². The third-order valence-electron chi connectivity index (χ3n) is 3.90. The van der Waals surface area contributed by atoms with Crippen molar-refractivity contribution in [3.05, 3.63) is 89.1 Å². The molecule has 0 fully saturated rings. The second-order valence-electron chi connectivity index (χ2n) is 5.73. The van der Waals surface area contributed by atoms with Crippen LogP contribution in [0.2, 0.25) is 0 Å². The van der Waals surface area contributed by atoms with Crippen LogP contribution in [0.1, 0.15) is 17.4 Å². The first-order chi connectivity index (χ1) is 13.4. The van der Waals surface area contributed by atoms with Gasteiger partial charge in [0, 0.05) is 0 Å². The molecule has 3 rings (SSSR count). The predicted octanol–water partition coefficient (Wildman–Crippen LogP) is 4.29. The molecular formula is C19H13F5N2O2. The molecule has 0 radical (unpaired) electrons. The summed E-state index contributed by atoms with van der Waals surface area (Å²) >= 11 is 0. The monoisotopic (exact) mass is 396 g/mol. The molecule has 0 aliphatic carbocycles. The van der Waals surface area contributed by atoms with Gasteiger partial charge < -0.3 is 9.73 Å². The summed E-state index contributed by atoms with van der Waals surface area (Å²) in [6.07, 6.45) is 1.43. The highest BCUT2D eigenvalue weighted by Crippen LogP contribution is 2.27. The number of anilines is 1. The molecule has 9 heteroatoms. The molecule has 1 amide bonds. The summed E-state index contributed by atoms with van der Waals surface area (Å²) in [5, 5.41) is 4.54. The van der Waals surface area contributed by atoms with Crippen molar-refractivity contribution in [1.82, 2.24) is 5.32 Å². The molecule has 0 bridgehead atoms. The van der Waals surface area contributed by atoms with Crippen LogP contribution in [0.5, 0.6) is 0 Å². The molecule has 0 spiro atoms. The number of carbonyl (C=O) groups is 1. The van der Waals surface area contributed by atoms with Crippen LogP contribution < -0.4 is 10.6 Å². The average Bonchev–Trinajstić information content (AvgIpc) is 3.24. The lowest BCUT2D eigenvalue weighted by Crippen LogP contribution is -2.32. The van der Waals surface area contributed by atoms with Crippen LogP contribution in [-0.2, 0) is 4.79 Å². The van der Waals surface area contributed by atoms with E-state index in [1.165, 1.54) is 6.26 Å². The SMILES string of the molecule is O=C(CN[C@H](c1ccccc1)c1ccco1)Nc1c(F)c(F)c(F)c(F)c1F. The quantitative estimate of drug-likeness (QED) is 0.371. The Balaban J connectivity index is 1.76. The van der Waals surface area contributed by atoms with Gasteiger partial charge in [-0.05, 0) is 17.7 Å². The Bertz CT molecular complexity index is 949. The van der Waals surface area contributed by atoms with Gasteiger partial charge in [-0.2, -0.15) is 0 Å². The molecule has 2 N–H and O–H groups in total. The molecule has 1 heterocycles. The molecule has 0 aliphatic rings. The molecular weight excluding hydrogens is 383 g/mol. The van der Waals surface area contributed by atoms with Crippen molar-refractivity contribution in [2.45, 2.75) is 6.04 Å². The van der Waals surface area contributed by atoms with Crippen molar-refractivity contribution in [1.29, 1.82) is 0 Å². The molecule has 3 aromatic rings. The first-order valence-electron chi connectivity index (χ1n) is 8.03. The second kappa shape index (κ2) is 8.22. The number of hydrogen-bond acceptors (Lipinski definition) is 3. The van der Waals surface area contributed by atoms with Crippen molar-refractivity contribution in [2.75, 3.05) is 11.9 Å². The zero-order valence-corrected chi connectivity index (χ0v) is 14.1. The fourth-order valence-corrected chi connectivity index (χ4v) is 2.58. The van der Waals surface area contributed by atoms with Gasteiger partial charge in [-0.15, -0.1) is 0 Å². The summed E-state index contributed by atoms with van der Waals surface area (Å²) in [4.78, 5) is 12.1. The standard InChI is InChI=1S/C19H13F5N2O2/c20-13-14(21)16(23)19(17(24)15(13)22)26-12(27)9-25-18(11-7-4-8-28-11)10-5-2-1-3-6-10/h1-8,18,25H,9H2,(H,26,27)/t18-/m1/s1. The van der Waals surface area contributed by atoms with Crippen LogP contribution in [-0.4, -0.2) is 12.5 Å². The highest BCUT2D eigenvalue weighted by atomic mass is 19.2. The zero-order valence-electron chi connectivity index (χ0n) is 14.1. The lowest BCUT2D eigenvalue weighted by atomic mass is 10.0. The maximum Gasteiger partial charge on any atom is 0.238 e. The maximum atomic E-state index is 13.7. The van der Waals surface area contributed by atoms with E-state index in [0.29, 0.717) is 5.76 Å². The van der Waals surface area contributed by atoms with Gasteiger partial charge in [0.05, 0.1) is 18.8 Å². The van der Waals surface area contributed by atoms with Crippen LogP contribution in [0.3, 0.4) is 0 Å². The highest BCUT2D eigenvalue weighted by Gasteiger charge is 2.27. The van der Waals surface area contributed by atoms with E-state index in [4.69, 9.17) is 4.42 Å². The minimum Gasteiger partial charge on any atom is -0.467 e. The van der Waals surface area contributed by atoms with Crippen LogP contribution in [0.4, 0.5) is 27.6 Å². The number of nitrogens with one attached hydrogen (secondary N) is 2. The Kier molecular flexibility index (Phi) is 5.74. The van der Waals surface area contributed by atoms with E-state index in [-0.39, 0.29) is 0 Å². The van der Waals surface area contributed by atoms with E-state index in [9.17, 15) is 26.7 Å². The number of carbonyl (C=O) groups excluding carboxylic acids is 1. The van der Waals surface area contributed by atoms with Gasteiger partial charge in [0.1, 0.15) is 11.4 Å². The Labute approximate surface area is 156 Å². The van der Waals surface area contributed by atoms with Gasteiger partial charge in [-0.25, -0.2) is 22.0 Å². The van der Waals surface area contributed by atoms with E-state index in [1.54, 1.807) is 47.8 Å². The van der Waals surface area contributed by atoms with Crippen molar-refractivity contribution in [2.24, 2.45) is 0 Å². The van der Waals surface area contributed by atoms with Gasteiger partial charge in [-0.3, -0.25) is 10.1 Å². The molecule has 0 unspecified atom stereocenters. The van der Waals surface area contributed by atoms with Crippen molar-refractivity contribution < 1.29 is 31.2 Å². The number of halogens is 5. The summed E-state index contributed by atoms with van der Waals surface area (Å²) in [7, 11) is 0. The number of hydrogen-bond donors (Lipinski definition) is 2. The number of rotatable bonds is 6. The molecule has 146 valence electrons. The maximum absolute atomic E-state index is 13.7. The zero-order chi connectivity index (χ0) is 20.3. The van der Waals surface area contributed by atoms with E-state index in [1.807, 2.05) is 0 Å². The van der Waals surface area contributed by atoms with Crippen molar-refractivity contribution >= 4 is 11.6 Å². The lowest BCUT2D eigenvalue weighted by molar-refractivity contribution is -0.115. The Hall–Kier alpha value is -3.20. The minimum atomic E-state index is -2.30. The largest absolute Gasteiger partial charge is 0.467 e. The first kappa shape index (κ1) is 19.6. The van der Waals surface area contributed by atoms with E-state index >= 15 is 0 Å². The summed E-state index contributed by atoms with van der Waals surface area (Å²) in [5.41, 5.74) is -0.668. The van der Waals surface area contributed by atoms with E-state index < -0.39 is 53.3 Å². The topological polar surface area (TPSA) is 54.3 Å². The van der Waals surface area contributed by atoms with Gasteiger partial charge >= 0.3 is 0 Å². The second-order valence-corrected chi connectivity index (χ2v) is 5.73. The molecule has 0 saturated carbocycles. The molecule has 0 aliphatic heterocycles. The Morgan fingerprint density at radius 1 is 0.857 bits per heavy atom. The number of furan rings is 1. The third-order valence-corrected chi connectivity index (χ3v) is 3.90.